The smallest absolute Gasteiger partial charge is 0.257 e. The van der Waals surface area contributed by atoms with Gasteiger partial charge in [0.2, 0.25) is 0 Å². The third-order valence-electron chi connectivity index (χ3n) is 3.93. The molecule has 0 aromatic rings. The molecule has 7 heteroatoms. The number of ether oxygens (including phenoxy) is 1. The molecule has 2 rings (SSSR count). The lowest BCUT2D eigenvalue weighted by atomic mass is 10.1. The Hall–Kier alpha value is -0.950. The van der Waals surface area contributed by atoms with Crippen molar-refractivity contribution in [2.24, 2.45) is 10.9 Å². The van der Waals surface area contributed by atoms with Gasteiger partial charge in [-0.1, -0.05) is 0 Å². The Bertz CT molecular complexity index is 327. The van der Waals surface area contributed by atoms with Crippen molar-refractivity contribution in [3.8, 4) is 0 Å². The van der Waals surface area contributed by atoms with Gasteiger partial charge in [0.15, 0.2) is 5.96 Å². The van der Waals surface area contributed by atoms with Crippen LogP contribution in [0.3, 0.4) is 0 Å². The molecule has 0 radical (unpaired) electrons. The number of halogens is 2. The van der Waals surface area contributed by atoms with Crippen molar-refractivity contribution in [2.75, 3.05) is 59.0 Å². The fourth-order valence-electron chi connectivity index (χ4n) is 2.82. The van der Waals surface area contributed by atoms with Crippen LogP contribution in [0.25, 0.3) is 0 Å². The molecular formula is C14H26F2N4O. The Morgan fingerprint density at radius 2 is 2.10 bits per heavy atom. The largest absolute Gasteiger partial charge is 0.381 e. The van der Waals surface area contributed by atoms with Crippen LogP contribution >= 0.6 is 0 Å². The van der Waals surface area contributed by atoms with Gasteiger partial charge in [0.25, 0.3) is 6.43 Å². The highest BCUT2D eigenvalue weighted by molar-refractivity contribution is 5.80. The molecule has 0 aromatic carbocycles. The van der Waals surface area contributed by atoms with Crippen molar-refractivity contribution in [3.63, 3.8) is 0 Å². The van der Waals surface area contributed by atoms with E-state index >= 15 is 0 Å². The number of guanidine groups is 1. The van der Waals surface area contributed by atoms with Crippen LogP contribution in [0.4, 0.5) is 8.78 Å². The lowest BCUT2D eigenvalue weighted by Gasteiger charge is -2.37. The van der Waals surface area contributed by atoms with Crippen LogP contribution in [-0.2, 0) is 4.74 Å². The zero-order valence-corrected chi connectivity index (χ0v) is 12.7. The van der Waals surface area contributed by atoms with E-state index in [1.807, 2.05) is 6.92 Å². The van der Waals surface area contributed by atoms with E-state index in [-0.39, 0.29) is 0 Å². The van der Waals surface area contributed by atoms with Gasteiger partial charge in [-0.2, -0.15) is 0 Å². The van der Waals surface area contributed by atoms with Crippen LogP contribution in [-0.4, -0.2) is 81.2 Å². The second kappa shape index (κ2) is 8.48. The Morgan fingerprint density at radius 3 is 2.67 bits per heavy atom. The van der Waals surface area contributed by atoms with E-state index in [1.54, 1.807) is 0 Å². The van der Waals surface area contributed by atoms with Gasteiger partial charge in [0, 0.05) is 45.9 Å². The Balaban J connectivity index is 1.78. The van der Waals surface area contributed by atoms with E-state index in [0.717, 1.165) is 52.4 Å². The van der Waals surface area contributed by atoms with Gasteiger partial charge in [-0.15, -0.1) is 0 Å². The molecule has 21 heavy (non-hydrogen) atoms. The van der Waals surface area contributed by atoms with E-state index in [9.17, 15) is 8.78 Å². The van der Waals surface area contributed by atoms with Crippen LogP contribution in [0.15, 0.2) is 4.99 Å². The van der Waals surface area contributed by atoms with Crippen LogP contribution in [0.2, 0.25) is 0 Å². The van der Waals surface area contributed by atoms with Gasteiger partial charge in [0.1, 0.15) is 6.54 Å². The second-order valence-corrected chi connectivity index (χ2v) is 5.60. The fraction of sp³-hybridized carbons (Fsp3) is 0.929. The number of hydrogen-bond acceptors (Lipinski definition) is 3. The number of alkyl halides is 2. The minimum atomic E-state index is -2.39. The van der Waals surface area contributed by atoms with Gasteiger partial charge < -0.3 is 15.0 Å². The Labute approximate surface area is 125 Å². The van der Waals surface area contributed by atoms with Crippen molar-refractivity contribution in [1.82, 2.24) is 15.1 Å². The van der Waals surface area contributed by atoms with Crippen LogP contribution in [0.1, 0.15) is 13.3 Å². The maximum Gasteiger partial charge on any atom is 0.257 e. The Kier molecular flexibility index (Phi) is 6.63. The monoisotopic (exact) mass is 304 g/mol. The summed E-state index contributed by atoms with van der Waals surface area (Å²) in [5.41, 5.74) is 0. The molecule has 2 aliphatic rings. The number of piperazine rings is 1. The molecule has 0 aliphatic carbocycles. The number of hydrogen-bond donors (Lipinski definition) is 1. The summed E-state index contributed by atoms with van der Waals surface area (Å²) in [5.74, 6) is 1.26. The van der Waals surface area contributed by atoms with E-state index in [0.29, 0.717) is 18.4 Å². The third-order valence-corrected chi connectivity index (χ3v) is 3.93. The molecule has 2 saturated heterocycles. The zero-order valence-electron chi connectivity index (χ0n) is 12.7. The molecular weight excluding hydrogens is 278 g/mol. The van der Waals surface area contributed by atoms with E-state index in [4.69, 9.17) is 4.74 Å². The SMILES string of the molecule is CCNC(=NCC(F)F)N1CCN(CC2CCOC2)CC1. The first kappa shape index (κ1) is 16.4. The molecule has 122 valence electrons. The standard InChI is InChI=1S/C14H26F2N4O/c1-2-17-14(18-9-13(15)16)20-6-4-19(5-7-20)10-12-3-8-21-11-12/h12-13H,2-11H2,1H3,(H,17,18). The molecule has 1 N–H and O–H groups in total. The van der Waals surface area contributed by atoms with E-state index in [2.05, 4.69) is 20.1 Å². The predicted octanol–water partition coefficient (Wildman–Crippen LogP) is 0.871. The van der Waals surface area contributed by atoms with Crippen molar-refractivity contribution in [2.45, 2.75) is 19.8 Å². The van der Waals surface area contributed by atoms with E-state index in [1.165, 1.54) is 0 Å². The first-order chi connectivity index (χ1) is 10.2. The fourth-order valence-corrected chi connectivity index (χ4v) is 2.82. The molecule has 2 aliphatic heterocycles. The van der Waals surface area contributed by atoms with Crippen molar-refractivity contribution in [3.05, 3.63) is 0 Å². The summed E-state index contributed by atoms with van der Waals surface area (Å²) in [6.45, 7) is 8.64. The summed E-state index contributed by atoms with van der Waals surface area (Å²) in [7, 11) is 0. The van der Waals surface area contributed by atoms with Crippen molar-refractivity contribution >= 4 is 5.96 Å². The molecule has 5 nitrogen and oxygen atoms in total. The number of nitrogens with zero attached hydrogens (tertiary/aromatic N) is 3. The van der Waals surface area contributed by atoms with Crippen molar-refractivity contribution in [1.29, 1.82) is 0 Å². The Morgan fingerprint density at radius 1 is 1.33 bits per heavy atom. The summed E-state index contributed by atoms with van der Waals surface area (Å²) < 4.78 is 30.0. The lowest BCUT2D eigenvalue weighted by molar-refractivity contribution is 0.138. The summed E-state index contributed by atoms with van der Waals surface area (Å²) in [5, 5.41) is 3.10. The summed E-state index contributed by atoms with van der Waals surface area (Å²) in [4.78, 5) is 8.52. The minimum absolute atomic E-state index is 0.429. The maximum absolute atomic E-state index is 12.3. The normalized spacial score (nSPS) is 24.9. The molecule has 2 heterocycles. The molecule has 0 saturated carbocycles. The zero-order chi connectivity index (χ0) is 15.1. The average Bonchev–Trinajstić information content (AvgIpc) is 2.97. The molecule has 0 spiro atoms. The van der Waals surface area contributed by atoms with Gasteiger partial charge in [-0.3, -0.25) is 4.90 Å². The van der Waals surface area contributed by atoms with Crippen LogP contribution in [0.5, 0.6) is 0 Å². The third kappa shape index (κ3) is 5.39. The van der Waals surface area contributed by atoms with Crippen LogP contribution < -0.4 is 5.32 Å². The summed E-state index contributed by atoms with van der Waals surface area (Å²) in [6.07, 6.45) is -1.24. The number of nitrogens with one attached hydrogen (secondary N) is 1. The topological polar surface area (TPSA) is 40.1 Å². The van der Waals surface area contributed by atoms with Crippen molar-refractivity contribution < 1.29 is 13.5 Å². The first-order valence-electron chi connectivity index (χ1n) is 7.80. The van der Waals surface area contributed by atoms with Gasteiger partial charge in [-0.05, 0) is 19.3 Å². The highest BCUT2D eigenvalue weighted by Crippen LogP contribution is 2.15. The molecule has 1 atom stereocenters. The van der Waals surface area contributed by atoms with Gasteiger partial charge in [-0.25, -0.2) is 13.8 Å². The second-order valence-electron chi connectivity index (χ2n) is 5.60. The van der Waals surface area contributed by atoms with Gasteiger partial charge >= 0.3 is 0 Å². The van der Waals surface area contributed by atoms with Crippen LogP contribution in [0, 0.1) is 5.92 Å². The molecule has 0 bridgehead atoms. The molecule has 0 amide bonds. The summed E-state index contributed by atoms with van der Waals surface area (Å²) >= 11 is 0. The highest BCUT2D eigenvalue weighted by Gasteiger charge is 2.24. The summed E-state index contributed by atoms with van der Waals surface area (Å²) in [6, 6.07) is 0. The molecule has 1 unspecified atom stereocenters. The van der Waals surface area contributed by atoms with Gasteiger partial charge in [0.05, 0.1) is 6.61 Å². The maximum atomic E-state index is 12.3. The quantitative estimate of drug-likeness (QED) is 0.604. The lowest BCUT2D eigenvalue weighted by Crippen LogP contribution is -2.53. The first-order valence-corrected chi connectivity index (χ1v) is 7.80. The van der Waals surface area contributed by atoms with E-state index < -0.39 is 13.0 Å². The highest BCUT2D eigenvalue weighted by atomic mass is 19.3. The number of rotatable bonds is 5. The molecule has 2 fully saturated rings. The number of aliphatic imine (C=N–C) groups is 1. The molecule has 0 aromatic heterocycles. The minimum Gasteiger partial charge on any atom is -0.381 e. The average molecular weight is 304 g/mol. The predicted molar refractivity (Wildman–Crippen MR) is 78.9 cm³/mol.